The van der Waals surface area contributed by atoms with E-state index in [2.05, 4.69) is 0 Å². The number of fused-ring (bicyclic) bond motifs is 1. The summed E-state index contributed by atoms with van der Waals surface area (Å²) in [4.78, 5) is 36.2. The fraction of sp³-hybridized carbons (Fsp3) is 0.850. The number of rotatable bonds is 8. The lowest BCUT2D eigenvalue weighted by molar-refractivity contribution is -0.179. The zero-order chi connectivity index (χ0) is 19.7. The molecular weight excluding hydrogens is 352 g/mol. The van der Waals surface area contributed by atoms with Crippen LogP contribution in [0.25, 0.3) is 0 Å². The zero-order valence-electron chi connectivity index (χ0n) is 16.5. The molecule has 4 bridgehead atoms. The Kier molecular flexibility index (Phi) is 5.79. The molecule has 0 radical (unpaired) electrons. The van der Waals surface area contributed by atoms with Gasteiger partial charge in [-0.05, 0) is 45.4 Å². The van der Waals surface area contributed by atoms with Crippen molar-refractivity contribution in [3.8, 4) is 0 Å². The van der Waals surface area contributed by atoms with E-state index in [1.807, 2.05) is 20.8 Å². The van der Waals surface area contributed by atoms with E-state index in [1.165, 1.54) is 0 Å². The Bertz CT molecular complexity index is 599. The second-order valence-electron chi connectivity index (χ2n) is 8.79. The van der Waals surface area contributed by atoms with E-state index in [-0.39, 0.29) is 43.8 Å². The van der Waals surface area contributed by atoms with Crippen molar-refractivity contribution in [1.82, 2.24) is 0 Å². The molecule has 4 aliphatic rings. The molecule has 2 aliphatic carbocycles. The van der Waals surface area contributed by atoms with Gasteiger partial charge >= 0.3 is 17.9 Å². The molecule has 7 heteroatoms. The topological polar surface area (TPSA) is 88.1 Å². The van der Waals surface area contributed by atoms with Gasteiger partial charge in [-0.3, -0.25) is 9.59 Å². The summed E-state index contributed by atoms with van der Waals surface area (Å²) in [6.07, 6.45) is 4.19. The number of hydrogen-bond donors (Lipinski definition) is 0. The van der Waals surface area contributed by atoms with Gasteiger partial charge in [-0.25, -0.2) is 4.79 Å². The standard InChI is InChI=1S/C20H30O7/c1-4-19(2,3)18(23)25-6-5-24-12-16(21)27-20-9-13-7-14(10-20)17(22)26-15(8-13)11-20/h13-15H,4-12H2,1-3H3. The van der Waals surface area contributed by atoms with E-state index in [0.717, 1.165) is 19.3 Å². The Morgan fingerprint density at radius 1 is 1.19 bits per heavy atom. The second-order valence-corrected chi connectivity index (χ2v) is 8.79. The fourth-order valence-electron chi connectivity index (χ4n) is 4.46. The van der Waals surface area contributed by atoms with Crippen LogP contribution in [0, 0.1) is 17.3 Å². The van der Waals surface area contributed by atoms with Crippen molar-refractivity contribution in [2.75, 3.05) is 19.8 Å². The summed E-state index contributed by atoms with van der Waals surface area (Å²) in [5.74, 6) is -0.640. The summed E-state index contributed by atoms with van der Waals surface area (Å²) in [5, 5.41) is 0. The van der Waals surface area contributed by atoms with Crippen LogP contribution in [0.15, 0.2) is 0 Å². The van der Waals surface area contributed by atoms with Crippen LogP contribution in [0.5, 0.6) is 0 Å². The summed E-state index contributed by atoms with van der Waals surface area (Å²) >= 11 is 0. The van der Waals surface area contributed by atoms with Crippen molar-refractivity contribution in [3.05, 3.63) is 0 Å². The Hall–Kier alpha value is -1.63. The summed E-state index contributed by atoms with van der Waals surface area (Å²) in [6.45, 7) is 5.65. The van der Waals surface area contributed by atoms with Gasteiger partial charge in [0.05, 0.1) is 17.9 Å². The SMILES string of the molecule is CCC(C)(C)C(=O)OCCOCC(=O)OC12CC3CC(C1)OC(=O)C(C3)C2. The highest BCUT2D eigenvalue weighted by atomic mass is 16.6. The molecule has 2 saturated carbocycles. The first kappa shape index (κ1) is 20.1. The van der Waals surface area contributed by atoms with Crippen LogP contribution >= 0.6 is 0 Å². The van der Waals surface area contributed by atoms with E-state index in [0.29, 0.717) is 25.2 Å². The lowest BCUT2D eigenvalue weighted by atomic mass is 9.65. The van der Waals surface area contributed by atoms with Gasteiger partial charge in [0.2, 0.25) is 0 Å². The van der Waals surface area contributed by atoms with E-state index >= 15 is 0 Å². The molecule has 152 valence electrons. The molecular formula is C20H30O7. The first-order chi connectivity index (χ1) is 12.7. The number of ether oxygens (including phenoxy) is 4. The number of hydrogen-bond acceptors (Lipinski definition) is 7. The van der Waals surface area contributed by atoms with Crippen LogP contribution in [-0.4, -0.2) is 49.4 Å². The third-order valence-corrected chi connectivity index (χ3v) is 6.16. The third-order valence-electron chi connectivity index (χ3n) is 6.16. The van der Waals surface area contributed by atoms with Gasteiger partial charge in [0.15, 0.2) is 0 Å². The molecule has 4 unspecified atom stereocenters. The molecule has 2 aliphatic heterocycles. The molecule has 7 nitrogen and oxygen atoms in total. The van der Waals surface area contributed by atoms with Crippen LogP contribution in [0.4, 0.5) is 0 Å². The zero-order valence-corrected chi connectivity index (χ0v) is 16.5. The lowest BCUT2D eigenvalue weighted by Gasteiger charge is -2.45. The molecule has 4 atom stereocenters. The van der Waals surface area contributed by atoms with Gasteiger partial charge in [-0.1, -0.05) is 6.92 Å². The van der Waals surface area contributed by atoms with Crippen LogP contribution < -0.4 is 0 Å². The van der Waals surface area contributed by atoms with Gasteiger partial charge in [0, 0.05) is 12.8 Å². The van der Waals surface area contributed by atoms with Crippen molar-refractivity contribution in [3.63, 3.8) is 0 Å². The van der Waals surface area contributed by atoms with Gasteiger partial charge in [0.25, 0.3) is 0 Å². The summed E-state index contributed by atoms with van der Waals surface area (Å²) in [5.41, 5.74) is -1.11. The molecule has 4 rings (SSSR count). The maximum absolute atomic E-state index is 12.2. The monoisotopic (exact) mass is 382 g/mol. The fourth-order valence-corrected chi connectivity index (χ4v) is 4.46. The largest absolute Gasteiger partial charge is 0.463 e. The normalized spacial score (nSPS) is 32.0. The van der Waals surface area contributed by atoms with E-state index < -0.39 is 17.0 Å². The maximum Gasteiger partial charge on any atom is 0.332 e. The Morgan fingerprint density at radius 3 is 2.70 bits per heavy atom. The molecule has 2 saturated heterocycles. The predicted octanol–water partition coefficient (Wildman–Crippen LogP) is 2.40. The van der Waals surface area contributed by atoms with Gasteiger partial charge in [0.1, 0.15) is 24.9 Å². The van der Waals surface area contributed by atoms with Crippen LogP contribution in [0.2, 0.25) is 0 Å². The molecule has 0 aromatic heterocycles. The van der Waals surface area contributed by atoms with Crippen molar-refractivity contribution < 1.29 is 33.3 Å². The summed E-state index contributed by atoms with van der Waals surface area (Å²) in [7, 11) is 0. The summed E-state index contributed by atoms with van der Waals surface area (Å²) in [6, 6.07) is 0. The average molecular weight is 382 g/mol. The van der Waals surface area contributed by atoms with Crippen molar-refractivity contribution in [2.45, 2.75) is 71.0 Å². The highest BCUT2D eigenvalue weighted by Crippen LogP contribution is 2.51. The molecule has 0 aromatic rings. The molecule has 4 fully saturated rings. The quantitative estimate of drug-likeness (QED) is 0.362. The van der Waals surface area contributed by atoms with Crippen LogP contribution in [0.3, 0.4) is 0 Å². The van der Waals surface area contributed by atoms with Gasteiger partial charge in [-0.15, -0.1) is 0 Å². The van der Waals surface area contributed by atoms with Crippen molar-refractivity contribution >= 4 is 17.9 Å². The molecule has 27 heavy (non-hydrogen) atoms. The van der Waals surface area contributed by atoms with E-state index in [9.17, 15) is 14.4 Å². The minimum Gasteiger partial charge on any atom is -0.463 e. The van der Waals surface area contributed by atoms with Gasteiger partial charge in [-0.2, -0.15) is 0 Å². The lowest BCUT2D eigenvalue weighted by Crippen LogP contribution is -2.48. The molecule has 0 amide bonds. The van der Waals surface area contributed by atoms with Crippen LogP contribution in [0.1, 0.15) is 59.3 Å². The Labute approximate surface area is 160 Å². The highest BCUT2D eigenvalue weighted by molar-refractivity contribution is 5.76. The minimum atomic E-state index is -0.597. The molecule has 2 heterocycles. The second kappa shape index (κ2) is 7.78. The number of carbonyl (C=O) groups is 3. The van der Waals surface area contributed by atoms with Crippen molar-refractivity contribution in [1.29, 1.82) is 0 Å². The van der Waals surface area contributed by atoms with Gasteiger partial charge < -0.3 is 18.9 Å². The van der Waals surface area contributed by atoms with Crippen molar-refractivity contribution in [2.24, 2.45) is 17.3 Å². The first-order valence-electron chi connectivity index (χ1n) is 9.90. The van der Waals surface area contributed by atoms with Crippen LogP contribution in [-0.2, 0) is 33.3 Å². The molecule has 0 N–H and O–H groups in total. The Balaban J connectivity index is 1.41. The molecule has 0 aromatic carbocycles. The first-order valence-corrected chi connectivity index (χ1v) is 9.90. The maximum atomic E-state index is 12.2. The average Bonchev–Trinajstić information content (AvgIpc) is 2.75. The van der Waals surface area contributed by atoms with E-state index in [4.69, 9.17) is 18.9 Å². The molecule has 0 spiro atoms. The summed E-state index contributed by atoms with van der Waals surface area (Å²) < 4.78 is 21.8. The van der Waals surface area contributed by atoms with E-state index in [1.54, 1.807) is 0 Å². The highest BCUT2D eigenvalue weighted by Gasteiger charge is 2.54. The smallest absolute Gasteiger partial charge is 0.332 e. The predicted molar refractivity (Wildman–Crippen MR) is 94.6 cm³/mol. The number of carbonyl (C=O) groups excluding carboxylic acids is 3. The number of esters is 3. The third kappa shape index (κ3) is 4.62. The Morgan fingerprint density at radius 2 is 1.96 bits per heavy atom. The minimum absolute atomic E-state index is 0.106.